The Morgan fingerprint density at radius 3 is 2.10 bits per heavy atom. The van der Waals surface area contributed by atoms with Crippen LogP contribution in [-0.2, 0) is 19.1 Å². The molecule has 0 unspecified atom stereocenters. The maximum Gasteiger partial charge on any atom is 0.305 e. The lowest BCUT2D eigenvalue weighted by atomic mass is 10.0. The fraction of sp³-hybridized carbons (Fsp3) is 0.750. The van der Waals surface area contributed by atoms with Crippen LogP contribution in [0.15, 0.2) is 0 Å². The summed E-state index contributed by atoms with van der Waals surface area (Å²) in [5.41, 5.74) is 0. The minimum atomic E-state index is -1.90. The van der Waals surface area contributed by atoms with Crippen LogP contribution in [0.4, 0.5) is 0 Å². The molecule has 0 aromatic heterocycles. The van der Waals surface area contributed by atoms with E-state index < -0.39 is 43.0 Å². The number of aliphatic carboxylic acids is 1. The predicted octanol–water partition coefficient (Wildman–Crippen LogP) is -2.18. The van der Waals surface area contributed by atoms with Gasteiger partial charge in [-0.1, -0.05) is 0 Å². The fourth-order valence-electron chi connectivity index (χ4n) is 1.40. The zero-order valence-corrected chi connectivity index (χ0v) is 11.3. The highest BCUT2D eigenvalue weighted by atomic mass is 16.5. The Bertz CT molecular complexity index is 344. The minimum Gasteiger partial charge on any atom is -0.481 e. The Morgan fingerprint density at radius 1 is 1.00 bits per heavy atom. The number of rotatable bonds is 11. The maximum absolute atomic E-state index is 11.2. The van der Waals surface area contributed by atoms with Crippen LogP contribution in [-0.4, -0.2) is 74.8 Å². The van der Waals surface area contributed by atoms with Gasteiger partial charge in [0.05, 0.1) is 0 Å². The van der Waals surface area contributed by atoms with Gasteiger partial charge in [0.25, 0.3) is 0 Å². The Hall–Kier alpha value is -1.55. The molecule has 0 rings (SSSR count). The monoisotopic (exact) mass is 308 g/mol. The van der Waals surface area contributed by atoms with Gasteiger partial charge in [0.15, 0.2) is 6.29 Å². The van der Waals surface area contributed by atoms with Crippen LogP contribution < -0.4 is 0 Å². The van der Waals surface area contributed by atoms with Gasteiger partial charge in [-0.15, -0.1) is 0 Å². The fourth-order valence-corrected chi connectivity index (χ4v) is 1.40. The number of esters is 1. The second-order valence-corrected chi connectivity index (χ2v) is 4.46. The van der Waals surface area contributed by atoms with E-state index in [2.05, 4.69) is 4.74 Å². The molecule has 0 amide bonds. The molecule has 0 bridgehead atoms. The second-order valence-electron chi connectivity index (χ2n) is 4.46. The van der Waals surface area contributed by atoms with Crippen LogP contribution in [0.1, 0.15) is 25.7 Å². The summed E-state index contributed by atoms with van der Waals surface area (Å²) in [6.45, 7) is -0.623. The molecule has 9 nitrogen and oxygen atoms in total. The van der Waals surface area contributed by atoms with Crippen molar-refractivity contribution in [3.63, 3.8) is 0 Å². The minimum absolute atomic E-state index is 0.00489. The summed E-state index contributed by atoms with van der Waals surface area (Å²) in [5, 5.41) is 45.4. The van der Waals surface area contributed by atoms with E-state index in [-0.39, 0.29) is 19.1 Å². The van der Waals surface area contributed by atoms with Crippen LogP contribution >= 0.6 is 0 Å². The van der Waals surface area contributed by atoms with Crippen LogP contribution in [0.2, 0.25) is 0 Å². The second kappa shape index (κ2) is 10.2. The van der Waals surface area contributed by atoms with Crippen LogP contribution in [0.5, 0.6) is 0 Å². The Labute approximate surface area is 120 Å². The summed E-state index contributed by atoms with van der Waals surface area (Å²) in [7, 11) is 0. The summed E-state index contributed by atoms with van der Waals surface area (Å²) in [6, 6.07) is 0. The van der Waals surface area contributed by atoms with E-state index in [0.717, 1.165) is 0 Å². The molecule has 0 aliphatic carbocycles. The predicted molar refractivity (Wildman–Crippen MR) is 67.2 cm³/mol. The van der Waals surface area contributed by atoms with Gasteiger partial charge in [-0.05, 0) is 12.8 Å². The summed E-state index contributed by atoms with van der Waals surface area (Å²) < 4.78 is 4.62. The Morgan fingerprint density at radius 2 is 1.57 bits per heavy atom. The van der Waals surface area contributed by atoms with Crippen molar-refractivity contribution >= 4 is 18.2 Å². The largest absolute Gasteiger partial charge is 0.481 e. The van der Waals surface area contributed by atoms with Gasteiger partial charge in [-0.2, -0.15) is 0 Å². The molecule has 122 valence electrons. The van der Waals surface area contributed by atoms with E-state index in [1.54, 1.807) is 0 Å². The van der Waals surface area contributed by atoms with Crippen molar-refractivity contribution in [3.8, 4) is 0 Å². The van der Waals surface area contributed by atoms with Crippen molar-refractivity contribution < 1.29 is 44.7 Å². The lowest BCUT2D eigenvalue weighted by molar-refractivity contribution is -0.156. The van der Waals surface area contributed by atoms with E-state index in [4.69, 9.17) is 10.2 Å². The van der Waals surface area contributed by atoms with Gasteiger partial charge in [-0.25, -0.2) is 0 Å². The number of hydrogen-bond acceptors (Lipinski definition) is 8. The van der Waals surface area contributed by atoms with Gasteiger partial charge in [-0.3, -0.25) is 9.59 Å². The summed E-state index contributed by atoms with van der Waals surface area (Å²) in [6.07, 6.45) is -6.79. The van der Waals surface area contributed by atoms with E-state index >= 15 is 0 Å². The first-order valence-electron chi connectivity index (χ1n) is 6.34. The normalized spacial score (nSPS) is 16.6. The maximum atomic E-state index is 11.2. The third-order valence-corrected chi connectivity index (χ3v) is 2.67. The number of aldehydes is 1. The highest BCUT2D eigenvalue weighted by Gasteiger charge is 2.30. The SMILES string of the molecule is O=C[C@H](O)[C@@H](O)[C@H](O)[C@H](O)COC(=O)CCCCC(=O)O. The van der Waals surface area contributed by atoms with Gasteiger partial charge in [0.2, 0.25) is 0 Å². The van der Waals surface area contributed by atoms with Gasteiger partial charge in [0.1, 0.15) is 31.0 Å². The third kappa shape index (κ3) is 8.35. The summed E-state index contributed by atoms with van der Waals surface area (Å²) in [5.74, 6) is -1.67. The quantitative estimate of drug-likeness (QED) is 0.162. The number of carbonyl (C=O) groups excluding carboxylic acids is 2. The molecule has 0 saturated carbocycles. The molecule has 0 spiro atoms. The highest BCUT2D eigenvalue weighted by Crippen LogP contribution is 2.06. The number of aliphatic hydroxyl groups is 4. The zero-order chi connectivity index (χ0) is 16.4. The van der Waals surface area contributed by atoms with Gasteiger partial charge in [0, 0.05) is 12.8 Å². The summed E-state index contributed by atoms with van der Waals surface area (Å²) >= 11 is 0. The third-order valence-electron chi connectivity index (χ3n) is 2.67. The van der Waals surface area contributed by atoms with Gasteiger partial charge < -0.3 is 35.1 Å². The van der Waals surface area contributed by atoms with Crippen molar-refractivity contribution in [1.29, 1.82) is 0 Å². The molecule has 21 heavy (non-hydrogen) atoms. The van der Waals surface area contributed by atoms with Crippen molar-refractivity contribution in [2.75, 3.05) is 6.61 Å². The first-order chi connectivity index (χ1) is 9.79. The highest BCUT2D eigenvalue weighted by molar-refractivity contribution is 5.69. The summed E-state index contributed by atoms with van der Waals surface area (Å²) in [4.78, 5) is 31.7. The molecule has 0 aliphatic rings. The zero-order valence-electron chi connectivity index (χ0n) is 11.3. The molecular formula is C12H20O9. The molecule has 5 N–H and O–H groups in total. The van der Waals surface area contributed by atoms with Crippen molar-refractivity contribution in [3.05, 3.63) is 0 Å². The lowest BCUT2D eigenvalue weighted by Crippen LogP contribution is -2.46. The van der Waals surface area contributed by atoms with E-state index in [9.17, 15) is 29.7 Å². The van der Waals surface area contributed by atoms with Crippen LogP contribution in [0, 0.1) is 0 Å². The van der Waals surface area contributed by atoms with E-state index in [1.807, 2.05) is 0 Å². The smallest absolute Gasteiger partial charge is 0.305 e. The number of hydrogen-bond donors (Lipinski definition) is 5. The van der Waals surface area contributed by atoms with Gasteiger partial charge >= 0.3 is 11.9 Å². The molecule has 9 heteroatoms. The number of aliphatic hydroxyl groups excluding tert-OH is 4. The Balaban J connectivity index is 3.95. The first-order valence-corrected chi connectivity index (χ1v) is 6.34. The first kappa shape index (κ1) is 19.4. The van der Waals surface area contributed by atoms with Crippen molar-refractivity contribution in [2.45, 2.75) is 50.1 Å². The van der Waals surface area contributed by atoms with Crippen LogP contribution in [0.3, 0.4) is 0 Å². The molecule has 4 atom stereocenters. The average Bonchev–Trinajstić information content (AvgIpc) is 2.46. The molecular weight excluding hydrogens is 288 g/mol. The van der Waals surface area contributed by atoms with E-state index in [1.165, 1.54) is 0 Å². The Kier molecular flexibility index (Phi) is 9.46. The van der Waals surface area contributed by atoms with Crippen molar-refractivity contribution in [2.24, 2.45) is 0 Å². The number of unbranched alkanes of at least 4 members (excludes halogenated alkanes) is 1. The van der Waals surface area contributed by atoms with Crippen LogP contribution in [0.25, 0.3) is 0 Å². The standard InChI is InChI=1S/C12H20O9/c13-5-7(14)11(19)12(20)8(15)6-21-10(18)4-2-1-3-9(16)17/h5,7-8,11-12,14-15,19-20H,1-4,6H2,(H,16,17)/t7-,8+,11+,12+/m0/s1. The van der Waals surface area contributed by atoms with Crippen molar-refractivity contribution in [1.82, 2.24) is 0 Å². The topological polar surface area (TPSA) is 162 Å². The number of carbonyl (C=O) groups is 3. The molecule has 0 aliphatic heterocycles. The number of carboxylic acids is 1. The average molecular weight is 308 g/mol. The molecule has 0 aromatic carbocycles. The number of carboxylic acid groups (broad SMARTS) is 1. The molecule has 0 radical (unpaired) electrons. The molecule has 0 heterocycles. The molecule has 0 saturated heterocycles. The molecule has 0 aromatic rings. The van der Waals surface area contributed by atoms with E-state index in [0.29, 0.717) is 12.8 Å². The lowest BCUT2D eigenvalue weighted by Gasteiger charge is -2.23. The molecule has 0 fully saturated rings. The number of ether oxygens (including phenoxy) is 1.